The van der Waals surface area contributed by atoms with Crippen molar-refractivity contribution in [1.82, 2.24) is 9.80 Å². The molecule has 0 atom stereocenters. The molecule has 6 heteroatoms. The Balaban J connectivity index is 0.00000242. The van der Waals surface area contributed by atoms with Gasteiger partial charge in [-0.25, -0.2) is 0 Å². The van der Waals surface area contributed by atoms with Crippen LogP contribution >= 0.6 is 24.0 Å². The summed E-state index contributed by atoms with van der Waals surface area (Å²) >= 11 is 0. The van der Waals surface area contributed by atoms with Crippen LogP contribution in [0.4, 0.5) is 0 Å². The van der Waals surface area contributed by atoms with Crippen LogP contribution in [-0.4, -0.2) is 67.2 Å². The molecule has 1 saturated carbocycles. The maximum Gasteiger partial charge on any atom is 0.191 e. The van der Waals surface area contributed by atoms with E-state index in [2.05, 4.69) is 23.6 Å². The van der Waals surface area contributed by atoms with Gasteiger partial charge < -0.3 is 15.4 Å². The first-order chi connectivity index (χ1) is 10.2. The molecule has 2 fully saturated rings. The number of hydrogen-bond acceptors (Lipinski definition) is 3. The van der Waals surface area contributed by atoms with E-state index in [1.165, 1.54) is 32.1 Å². The molecular formula is C16H33IN4O. The third kappa shape index (κ3) is 4.96. The molecule has 0 unspecified atom stereocenters. The molecule has 5 nitrogen and oxygen atoms in total. The van der Waals surface area contributed by atoms with Gasteiger partial charge in [-0.15, -0.1) is 24.0 Å². The van der Waals surface area contributed by atoms with Gasteiger partial charge in [0.2, 0.25) is 0 Å². The number of halogens is 1. The first-order valence-corrected chi connectivity index (χ1v) is 8.59. The predicted molar refractivity (Wildman–Crippen MR) is 103 cm³/mol. The van der Waals surface area contributed by atoms with Crippen molar-refractivity contribution < 1.29 is 4.74 Å². The van der Waals surface area contributed by atoms with Crippen molar-refractivity contribution in [2.75, 3.05) is 45.9 Å². The Hall–Kier alpha value is -0.0800. The Kier molecular flexibility index (Phi) is 9.01. The van der Waals surface area contributed by atoms with Crippen LogP contribution < -0.4 is 5.73 Å². The van der Waals surface area contributed by atoms with Crippen molar-refractivity contribution in [2.45, 2.75) is 51.5 Å². The number of guanidine groups is 1. The molecule has 22 heavy (non-hydrogen) atoms. The lowest BCUT2D eigenvalue weighted by Gasteiger charge is -2.47. The average molecular weight is 424 g/mol. The van der Waals surface area contributed by atoms with Crippen molar-refractivity contribution in [2.24, 2.45) is 10.7 Å². The second-order valence-electron chi connectivity index (χ2n) is 6.23. The van der Waals surface area contributed by atoms with Crippen LogP contribution in [0.3, 0.4) is 0 Å². The minimum absolute atomic E-state index is 0. The Morgan fingerprint density at radius 3 is 2.27 bits per heavy atom. The Morgan fingerprint density at radius 2 is 1.73 bits per heavy atom. The zero-order valence-electron chi connectivity index (χ0n) is 14.2. The van der Waals surface area contributed by atoms with Crippen molar-refractivity contribution >= 4 is 29.9 Å². The highest BCUT2D eigenvalue weighted by Gasteiger charge is 2.38. The van der Waals surface area contributed by atoms with Crippen LogP contribution in [-0.2, 0) is 4.74 Å². The number of hydrogen-bond donors (Lipinski definition) is 1. The van der Waals surface area contributed by atoms with Gasteiger partial charge in [-0.2, -0.15) is 0 Å². The maximum absolute atomic E-state index is 6.18. The average Bonchev–Trinajstić information content (AvgIpc) is 2.56. The summed E-state index contributed by atoms with van der Waals surface area (Å²) in [5.41, 5.74) is 6.40. The summed E-state index contributed by atoms with van der Waals surface area (Å²) in [5.74, 6) is 0.707. The lowest BCUT2D eigenvalue weighted by atomic mass is 9.80. The highest BCUT2D eigenvalue weighted by Crippen LogP contribution is 2.34. The first kappa shape index (κ1) is 20.0. The van der Waals surface area contributed by atoms with Crippen molar-refractivity contribution in [3.05, 3.63) is 0 Å². The molecule has 0 aromatic rings. The molecule has 1 aliphatic heterocycles. The normalized spacial score (nSPS) is 22.9. The molecule has 0 bridgehead atoms. The molecule has 1 aliphatic carbocycles. The summed E-state index contributed by atoms with van der Waals surface area (Å²) in [6, 6.07) is 0. The van der Waals surface area contributed by atoms with Crippen LogP contribution in [0.2, 0.25) is 0 Å². The molecule has 2 N–H and O–H groups in total. The Bertz CT molecular complexity index is 335. The molecule has 0 amide bonds. The lowest BCUT2D eigenvalue weighted by molar-refractivity contribution is -0.0333. The zero-order chi connectivity index (χ0) is 15.1. The topological polar surface area (TPSA) is 54.1 Å². The SMILES string of the molecule is CCN(CC)C(N)=NCC1(N2CCOCC2)CCCCC1.I. The van der Waals surface area contributed by atoms with E-state index in [1.54, 1.807) is 0 Å². The molecule has 2 rings (SSSR count). The summed E-state index contributed by atoms with van der Waals surface area (Å²) in [6.07, 6.45) is 6.50. The standard InChI is InChI=1S/C16H32N4O.HI/c1-3-19(4-2)15(17)18-14-16(8-6-5-7-9-16)20-10-12-21-13-11-20;/h3-14H2,1-2H3,(H2,17,18);1H. The van der Waals surface area contributed by atoms with Crippen LogP contribution in [0, 0.1) is 0 Å². The van der Waals surface area contributed by atoms with Gasteiger partial charge in [0.1, 0.15) is 0 Å². The minimum Gasteiger partial charge on any atom is -0.379 e. The molecule has 130 valence electrons. The molecule has 0 radical (unpaired) electrons. The van der Waals surface area contributed by atoms with Crippen LogP contribution in [0.25, 0.3) is 0 Å². The summed E-state index contributed by atoms with van der Waals surface area (Å²) in [5, 5.41) is 0. The lowest BCUT2D eigenvalue weighted by Crippen LogP contribution is -2.56. The molecule has 2 aliphatic rings. The van der Waals surface area contributed by atoms with Crippen molar-refractivity contribution in [3.8, 4) is 0 Å². The smallest absolute Gasteiger partial charge is 0.191 e. The third-order valence-corrected chi connectivity index (χ3v) is 5.09. The highest BCUT2D eigenvalue weighted by molar-refractivity contribution is 14.0. The van der Waals surface area contributed by atoms with E-state index >= 15 is 0 Å². The second-order valence-corrected chi connectivity index (χ2v) is 6.23. The van der Waals surface area contributed by atoms with E-state index < -0.39 is 0 Å². The van der Waals surface area contributed by atoms with Gasteiger partial charge in [0.05, 0.1) is 19.8 Å². The fourth-order valence-electron chi connectivity index (χ4n) is 3.70. The van der Waals surface area contributed by atoms with Gasteiger partial charge in [0.25, 0.3) is 0 Å². The van der Waals surface area contributed by atoms with Crippen molar-refractivity contribution in [3.63, 3.8) is 0 Å². The fraction of sp³-hybridized carbons (Fsp3) is 0.938. The number of aliphatic imine (C=N–C) groups is 1. The predicted octanol–water partition coefficient (Wildman–Crippen LogP) is 2.30. The quantitative estimate of drug-likeness (QED) is 0.418. The summed E-state index contributed by atoms with van der Waals surface area (Å²) in [6.45, 7) is 10.8. The molecule has 1 heterocycles. The monoisotopic (exact) mass is 424 g/mol. The van der Waals surface area contributed by atoms with E-state index in [0.717, 1.165) is 45.9 Å². The molecule has 0 aromatic carbocycles. The van der Waals surface area contributed by atoms with Crippen LogP contribution in [0.5, 0.6) is 0 Å². The van der Waals surface area contributed by atoms with Gasteiger partial charge in [-0.3, -0.25) is 9.89 Å². The van der Waals surface area contributed by atoms with E-state index in [9.17, 15) is 0 Å². The fourth-order valence-corrected chi connectivity index (χ4v) is 3.70. The third-order valence-electron chi connectivity index (χ3n) is 5.09. The second kappa shape index (κ2) is 9.93. The van der Waals surface area contributed by atoms with Crippen LogP contribution in [0.15, 0.2) is 4.99 Å². The summed E-state index contributed by atoms with van der Waals surface area (Å²) in [7, 11) is 0. The van der Waals surface area contributed by atoms with E-state index in [-0.39, 0.29) is 29.5 Å². The summed E-state index contributed by atoms with van der Waals surface area (Å²) in [4.78, 5) is 9.53. The number of rotatable bonds is 5. The largest absolute Gasteiger partial charge is 0.379 e. The zero-order valence-corrected chi connectivity index (χ0v) is 16.6. The maximum atomic E-state index is 6.18. The van der Waals surface area contributed by atoms with Crippen LogP contribution in [0.1, 0.15) is 46.0 Å². The minimum atomic E-state index is 0. The number of ether oxygens (including phenoxy) is 1. The van der Waals surface area contributed by atoms with Gasteiger partial charge in [0, 0.05) is 31.7 Å². The van der Waals surface area contributed by atoms with Gasteiger partial charge in [-0.1, -0.05) is 19.3 Å². The number of morpholine rings is 1. The molecular weight excluding hydrogens is 391 g/mol. The van der Waals surface area contributed by atoms with Crippen molar-refractivity contribution in [1.29, 1.82) is 0 Å². The van der Waals surface area contributed by atoms with E-state index in [0.29, 0.717) is 5.96 Å². The molecule has 0 aromatic heterocycles. The number of nitrogens with two attached hydrogens (primary N) is 1. The van der Waals surface area contributed by atoms with E-state index in [1.807, 2.05) is 0 Å². The molecule has 1 saturated heterocycles. The van der Waals surface area contributed by atoms with Gasteiger partial charge in [-0.05, 0) is 26.7 Å². The highest BCUT2D eigenvalue weighted by atomic mass is 127. The number of nitrogens with zero attached hydrogens (tertiary/aromatic N) is 3. The Morgan fingerprint density at radius 1 is 1.14 bits per heavy atom. The Labute approximate surface area is 152 Å². The molecule has 0 spiro atoms. The van der Waals surface area contributed by atoms with Gasteiger partial charge in [0.15, 0.2) is 5.96 Å². The van der Waals surface area contributed by atoms with E-state index in [4.69, 9.17) is 15.5 Å². The summed E-state index contributed by atoms with van der Waals surface area (Å²) < 4.78 is 5.52. The van der Waals surface area contributed by atoms with Gasteiger partial charge >= 0.3 is 0 Å². The first-order valence-electron chi connectivity index (χ1n) is 8.59.